The van der Waals surface area contributed by atoms with Crippen molar-refractivity contribution in [2.45, 2.75) is 13.3 Å². The molecule has 3 nitrogen and oxygen atoms in total. The summed E-state index contributed by atoms with van der Waals surface area (Å²) in [4.78, 5) is 4.28. The molecule has 0 bridgehead atoms. The van der Waals surface area contributed by atoms with Crippen LogP contribution in [0.25, 0.3) is 10.9 Å². The molecule has 17 heavy (non-hydrogen) atoms. The third-order valence-corrected chi connectivity index (χ3v) is 2.31. The highest BCUT2D eigenvalue weighted by molar-refractivity contribution is 5.85. The predicted molar refractivity (Wildman–Crippen MR) is 69.7 cm³/mol. The zero-order valence-electron chi connectivity index (χ0n) is 9.73. The summed E-state index contributed by atoms with van der Waals surface area (Å²) in [6, 6.07) is 9.50. The van der Waals surface area contributed by atoms with Crippen molar-refractivity contribution < 1.29 is 4.74 Å². The number of nitrogens with two attached hydrogens (primary N) is 1. The summed E-state index contributed by atoms with van der Waals surface area (Å²) < 4.78 is 5.58. The van der Waals surface area contributed by atoms with E-state index in [0.717, 1.165) is 23.1 Å². The second-order valence-corrected chi connectivity index (χ2v) is 3.56. The van der Waals surface area contributed by atoms with Crippen LogP contribution in [-0.2, 0) is 0 Å². The van der Waals surface area contributed by atoms with Crippen LogP contribution in [0.3, 0.4) is 0 Å². The quantitative estimate of drug-likeness (QED) is 0.801. The predicted octanol–water partition coefficient (Wildman–Crippen LogP) is 2.61. The lowest BCUT2D eigenvalue weighted by atomic mass is 10.2. The molecule has 1 aromatic heterocycles. The van der Waals surface area contributed by atoms with Crippen LogP contribution < -0.4 is 10.5 Å². The Morgan fingerprint density at radius 1 is 1.24 bits per heavy atom. The van der Waals surface area contributed by atoms with Crippen molar-refractivity contribution in [2.24, 2.45) is 0 Å². The highest BCUT2D eigenvalue weighted by Gasteiger charge is 2.02. The van der Waals surface area contributed by atoms with Crippen LogP contribution in [0, 0.1) is 11.8 Å². The van der Waals surface area contributed by atoms with Crippen LogP contribution in [0.5, 0.6) is 5.75 Å². The van der Waals surface area contributed by atoms with E-state index in [2.05, 4.69) is 16.8 Å². The molecule has 0 fully saturated rings. The molecule has 0 atom stereocenters. The van der Waals surface area contributed by atoms with Crippen molar-refractivity contribution in [2.75, 3.05) is 12.3 Å². The molecule has 0 amide bonds. The number of nitrogen functional groups attached to an aromatic ring is 1. The van der Waals surface area contributed by atoms with Crippen molar-refractivity contribution in [3.63, 3.8) is 0 Å². The number of ether oxygens (including phenoxy) is 1. The van der Waals surface area contributed by atoms with Gasteiger partial charge in [-0.2, -0.15) is 0 Å². The van der Waals surface area contributed by atoms with Gasteiger partial charge in [0.25, 0.3) is 0 Å². The minimum absolute atomic E-state index is 0.378. The van der Waals surface area contributed by atoms with E-state index in [9.17, 15) is 0 Å². The smallest absolute Gasteiger partial charge is 0.149 e. The van der Waals surface area contributed by atoms with E-state index in [1.807, 2.05) is 31.2 Å². The normalized spacial score (nSPS) is 9.71. The minimum atomic E-state index is 0.378. The van der Waals surface area contributed by atoms with Crippen LogP contribution in [-0.4, -0.2) is 11.6 Å². The fourth-order valence-corrected chi connectivity index (χ4v) is 1.54. The number of fused-ring (bicyclic) bond motifs is 1. The molecule has 2 rings (SSSR count). The zero-order chi connectivity index (χ0) is 12.1. The van der Waals surface area contributed by atoms with Crippen molar-refractivity contribution in [1.29, 1.82) is 0 Å². The van der Waals surface area contributed by atoms with Gasteiger partial charge in [-0.15, -0.1) is 5.92 Å². The van der Waals surface area contributed by atoms with E-state index in [0.29, 0.717) is 12.4 Å². The van der Waals surface area contributed by atoms with E-state index in [-0.39, 0.29) is 0 Å². The molecule has 3 heteroatoms. The average molecular weight is 226 g/mol. The Kier molecular flexibility index (Phi) is 3.46. The van der Waals surface area contributed by atoms with Crippen molar-refractivity contribution in [3.05, 3.63) is 30.3 Å². The first-order chi connectivity index (χ1) is 8.31. The molecule has 0 aliphatic rings. The fraction of sp³-hybridized carbons (Fsp3) is 0.214. The van der Waals surface area contributed by atoms with Gasteiger partial charge in [0.1, 0.15) is 23.7 Å². The first-order valence-electron chi connectivity index (χ1n) is 5.55. The lowest BCUT2D eigenvalue weighted by Crippen LogP contribution is -1.97. The number of pyridine rings is 1. The maximum atomic E-state index is 5.67. The molecular weight excluding hydrogens is 212 g/mol. The molecule has 0 aliphatic carbocycles. The molecule has 1 heterocycles. The van der Waals surface area contributed by atoms with Gasteiger partial charge in [0.05, 0.1) is 0 Å². The molecule has 1 aromatic carbocycles. The second kappa shape index (κ2) is 5.22. The highest BCUT2D eigenvalue weighted by Crippen LogP contribution is 2.24. The Balaban J connectivity index is 2.30. The van der Waals surface area contributed by atoms with E-state index >= 15 is 0 Å². The topological polar surface area (TPSA) is 48.1 Å². The standard InChI is InChI=1S/C14H14N2O/c1-2-3-4-10-17-12-7-5-6-11-8-9-13(15)16-14(11)12/h5-9H,2,10H2,1H3,(H2,15,16). The molecular formula is C14H14N2O. The first-order valence-corrected chi connectivity index (χ1v) is 5.55. The van der Waals surface area contributed by atoms with Gasteiger partial charge in [-0.25, -0.2) is 4.98 Å². The Morgan fingerprint density at radius 3 is 2.94 bits per heavy atom. The first kappa shape index (κ1) is 11.3. The largest absolute Gasteiger partial charge is 0.479 e. The van der Waals surface area contributed by atoms with Crippen LogP contribution in [0.1, 0.15) is 13.3 Å². The summed E-state index contributed by atoms with van der Waals surface area (Å²) in [5.74, 6) is 7.11. The summed E-state index contributed by atoms with van der Waals surface area (Å²) in [7, 11) is 0. The zero-order valence-corrected chi connectivity index (χ0v) is 9.73. The number of hydrogen-bond donors (Lipinski definition) is 1. The van der Waals surface area contributed by atoms with Gasteiger partial charge in [0, 0.05) is 11.8 Å². The lowest BCUT2D eigenvalue weighted by Gasteiger charge is -2.06. The van der Waals surface area contributed by atoms with Crippen LogP contribution in [0.15, 0.2) is 30.3 Å². The van der Waals surface area contributed by atoms with Crippen molar-refractivity contribution in [1.82, 2.24) is 4.98 Å². The summed E-state index contributed by atoms with van der Waals surface area (Å²) in [6.45, 7) is 2.39. The number of nitrogens with zero attached hydrogens (tertiary/aromatic N) is 1. The number of rotatable bonds is 2. The Hall–Kier alpha value is -2.21. The summed E-state index contributed by atoms with van der Waals surface area (Å²) >= 11 is 0. The highest BCUT2D eigenvalue weighted by atomic mass is 16.5. The van der Waals surface area contributed by atoms with Gasteiger partial charge in [-0.1, -0.05) is 25.0 Å². The van der Waals surface area contributed by atoms with Crippen LogP contribution in [0.2, 0.25) is 0 Å². The summed E-state index contributed by atoms with van der Waals surface area (Å²) in [5, 5.41) is 1.01. The van der Waals surface area contributed by atoms with Crippen molar-refractivity contribution >= 4 is 16.7 Å². The Labute approximate surface area is 101 Å². The van der Waals surface area contributed by atoms with Crippen LogP contribution >= 0.6 is 0 Å². The van der Waals surface area contributed by atoms with Crippen molar-refractivity contribution in [3.8, 4) is 17.6 Å². The Morgan fingerprint density at radius 2 is 2.12 bits per heavy atom. The molecule has 2 aromatic rings. The van der Waals surface area contributed by atoms with Gasteiger partial charge >= 0.3 is 0 Å². The molecule has 86 valence electrons. The van der Waals surface area contributed by atoms with Gasteiger partial charge in [0.2, 0.25) is 0 Å². The van der Waals surface area contributed by atoms with Gasteiger partial charge in [-0.3, -0.25) is 0 Å². The number of hydrogen-bond acceptors (Lipinski definition) is 3. The van der Waals surface area contributed by atoms with Gasteiger partial charge in [0.15, 0.2) is 0 Å². The SMILES string of the molecule is CCC#CCOc1cccc2ccc(N)nc12. The third-order valence-electron chi connectivity index (χ3n) is 2.31. The van der Waals surface area contributed by atoms with Gasteiger partial charge in [-0.05, 0) is 18.2 Å². The molecule has 0 radical (unpaired) electrons. The monoisotopic (exact) mass is 226 g/mol. The molecule has 0 saturated heterocycles. The number of anilines is 1. The molecule has 2 N–H and O–H groups in total. The Bertz CT molecular complexity index is 582. The third kappa shape index (κ3) is 2.67. The van der Waals surface area contributed by atoms with E-state index < -0.39 is 0 Å². The summed E-state index contributed by atoms with van der Waals surface area (Å²) in [6.07, 6.45) is 0.837. The molecule has 0 aliphatic heterocycles. The van der Waals surface area contributed by atoms with E-state index in [4.69, 9.17) is 10.5 Å². The molecule has 0 spiro atoms. The number of aromatic nitrogens is 1. The minimum Gasteiger partial charge on any atom is -0.479 e. The maximum Gasteiger partial charge on any atom is 0.149 e. The maximum absolute atomic E-state index is 5.67. The summed E-state index contributed by atoms with van der Waals surface area (Å²) in [5.41, 5.74) is 6.46. The average Bonchev–Trinajstić information content (AvgIpc) is 2.35. The van der Waals surface area contributed by atoms with Gasteiger partial charge < -0.3 is 10.5 Å². The fourth-order valence-electron chi connectivity index (χ4n) is 1.54. The van der Waals surface area contributed by atoms with E-state index in [1.165, 1.54) is 0 Å². The number of benzene rings is 1. The number of para-hydroxylation sites is 1. The van der Waals surface area contributed by atoms with E-state index in [1.54, 1.807) is 6.07 Å². The molecule has 0 unspecified atom stereocenters. The second-order valence-electron chi connectivity index (χ2n) is 3.56. The lowest BCUT2D eigenvalue weighted by molar-refractivity contribution is 0.374. The molecule has 0 saturated carbocycles. The van der Waals surface area contributed by atoms with Crippen LogP contribution in [0.4, 0.5) is 5.82 Å².